The highest BCUT2D eigenvalue weighted by atomic mass is 19.1. The number of fused-ring (bicyclic) bond motifs is 2. The summed E-state index contributed by atoms with van der Waals surface area (Å²) in [6, 6.07) is -0.816. The molecule has 4 rings (SSSR count). The Kier molecular flexibility index (Phi) is 2.96. The molecule has 2 aromatic heterocycles. The number of ether oxygens (including phenoxy) is 2. The standard InChI is InChI=1S/C14H16FN5O3/c1-14(2)22-10-6(3-21)7(15)9(11(10)23-14)20-5-19-8-12(16)17-4-18-13(8)20/h4-5,9-11,21H,3H2,1-2H3,(H2,16,17,18)/t9-,10-,11+/m1/s1. The summed E-state index contributed by atoms with van der Waals surface area (Å²) in [5, 5.41) is 9.52. The van der Waals surface area contributed by atoms with Crippen molar-refractivity contribution in [1.29, 1.82) is 0 Å². The Bertz CT molecular complexity index is 818. The average Bonchev–Trinajstić information content (AvgIpc) is 3.09. The molecule has 0 aromatic carbocycles. The van der Waals surface area contributed by atoms with Crippen LogP contribution < -0.4 is 5.73 Å². The first-order valence-electron chi connectivity index (χ1n) is 7.21. The first-order valence-corrected chi connectivity index (χ1v) is 7.21. The van der Waals surface area contributed by atoms with Crippen LogP contribution in [0.1, 0.15) is 19.9 Å². The monoisotopic (exact) mass is 321 g/mol. The molecule has 3 N–H and O–H groups in total. The van der Waals surface area contributed by atoms with E-state index in [1.807, 2.05) is 0 Å². The van der Waals surface area contributed by atoms with Crippen LogP contribution in [0, 0.1) is 0 Å². The van der Waals surface area contributed by atoms with Crippen molar-refractivity contribution in [2.45, 2.75) is 37.9 Å². The molecule has 0 bridgehead atoms. The number of aliphatic hydroxyl groups excluding tert-OH is 1. The smallest absolute Gasteiger partial charge is 0.166 e. The largest absolute Gasteiger partial charge is 0.392 e. The van der Waals surface area contributed by atoms with Crippen molar-refractivity contribution in [3.05, 3.63) is 24.1 Å². The van der Waals surface area contributed by atoms with Gasteiger partial charge in [0.1, 0.15) is 35.9 Å². The van der Waals surface area contributed by atoms with E-state index in [2.05, 4.69) is 15.0 Å². The second-order valence-electron chi connectivity index (χ2n) is 6.08. The van der Waals surface area contributed by atoms with Gasteiger partial charge in [0, 0.05) is 5.57 Å². The van der Waals surface area contributed by atoms with E-state index >= 15 is 0 Å². The lowest BCUT2D eigenvalue weighted by Crippen LogP contribution is -2.28. The number of hydrogen-bond acceptors (Lipinski definition) is 7. The molecule has 2 aromatic rings. The molecular weight excluding hydrogens is 305 g/mol. The van der Waals surface area contributed by atoms with Crippen molar-refractivity contribution in [3.63, 3.8) is 0 Å². The molecule has 1 aliphatic heterocycles. The molecule has 2 aliphatic rings. The van der Waals surface area contributed by atoms with Gasteiger partial charge in [-0.05, 0) is 13.8 Å². The number of nitrogen functional groups attached to an aromatic ring is 1. The summed E-state index contributed by atoms with van der Waals surface area (Å²) < 4.78 is 28.0. The Morgan fingerprint density at radius 3 is 2.87 bits per heavy atom. The van der Waals surface area contributed by atoms with Gasteiger partial charge < -0.3 is 24.9 Å². The van der Waals surface area contributed by atoms with E-state index in [0.717, 1.165) is 0 Å². The normalized spacial score (nSPS) is 29.5. The molecule has 1 fully saturated rings. The first-order chi connectivity index (χ1) is 10.9. The molecule has 8 nitrogen and oxygen atoms in total. The van der Waals surface area contributed by atoms with Crippen LogP contribution in [-0.2, 0) is 9.47 Å². The highest BCUT2D eigenvalue weighted by molar-refractivity contribution is 5.81. The number of aliphatic hydroxyl groups is 1. The second kappa shape index (κ2) is 4.70. The van der Waals surface area contributed by atoms with Crippen LogP contribution in [0.25, 0.3) is 11.2 Å². The number of hydrogen-bond donors (Lipinski definition) is 2. The fourth-order valence-corrected chi connectivity index (χ4v) is 3.28. The zero-order valence-electron chi connectivity index (χ0n) is 12.6. The summed E-state index contributed by atoms with van der Waals surface area (Å²) in [5.41, 5.74) is 6.77. The molecule has 0 saturated carbocycles. The van der Waals surface area contributed by atoms with Gasteiger partial charge in [-0.2, -0.15) is 0 Å². The van der Waals surface area contributed by atoms with Gasteiger partial charge in [-0.25, -0.2) is 19.3 Å². The summed E-state index contributed by atoms with van der Waals surface area (Å²) in [6.45, 7) is 3.07. The van der Waals surface area contributed by atoms with Gasteiger partial charge in [-0.3, -0.25) is 0 Å². The summed E-state index contributed by atoms with van der Waals surface area (Å²) in [7, 11) is 0. The minimum Gasteiger partial charge on any atom is -0.392 e. The number of nitrogens with zero attached hydrogens (tertiary/aromatic N) is 4. The van der Waals surface area contributed by atoms with Crippen LogP contribution >= 0.6 is 0 Å². The third-order valence-corrected chi connectivity index (χ3v) is 4.21. The van der Waals surface area contributed by atoms with Gasteiger partial charge in [-0.15, -0.1) is 0 Å². The highest BCUT2D eigenvalue weighted by Gasteiger charge is 2.54. The zero-order valence-corrected chi connectivity index (χ0v) is 12.6. The van der Waals surface area contributed by atoms with Crippen LogP contribution in [0.4, 0.5) is 10.2 Å². The Balaban J connectivity index is 1.86. The molecule has 23 heavy (non-hydrogen) atoms. The molecule has 9 heteroatoms. The van der Waals surface area contributed by atoms with Gasteiger partial charge in [0.05, 0.1) is 12.9 Å². The van der Waals surface area contributed by atoms with Gasteiger partial charge in [0.25, 0.3) is 0 Å². The lowest BCUT2D eigenvalue weighted by molar-refractivity contribution is -0.149. The Morgan fingerprint density at radius 1 is 1.35 bits per heavy atom. The van der Waals surface area contributed by atoms with Crippen LogP contribution in [0.15, 0.2) is 24.1 Å². The molecular formula is C14H16FN5O3. The topological polar surface area (TPSA) is 108 Å². The Hall–Kier alpha value is -2.10. The van der Waals surface area contributed by atoms with Crippen LogP contribution in [0.2, 0.25) is 0 Å². The predicted octanol–water partition coefficient (Wildman–Crippen LogP) is 0.699. The van der Waals surface area contributed by atoms with Crippen molar-refractivity contribution >= 4 is 17.0 Å². The molecule has 3 atom stereocenters. The van der Waals surface area contributed by atoms with Crippen molar-refractivity contribution in [2.24, 2.45) is 0 Å². The predicted molar refractivity (Wildman–Crippen MR) is 77.8 cm³/mol. The average molecular weight is 321 g/mol. The van der Waals surface area contributed by atoms with E-state index in [-0.39, 0.29) is 11.4 Å². The molecule has 0 amide bonds. The molecule has 0 radical (unpaired) electrons. The van der Waals surface area contributed by atoms with Gasteiger partial charge in [0.15, 0.2) is 17.3 Å². The number of rotatable bonds is 2. The van der Waals surface area contributed by atoms with Crippen LogP contribution in [0.3, 0.4) is 0 Å². The fraction of sp³-hybridized carbons (Fsp3) is 0.500. The van der Waals surface area contributed by atoms with Crippen molar-refractivity contribution < 1.29 is 19.0 Å². The Morgan fingerprint density at radius 2 is 2.13 bits per heavy atom. The summed E-state index contributed by atoms with van der Waals surface area (Å²) in [4.78, 5) is 12.2. The van der Waals surface area contributed by atoms with E-state index in [9.17, 15) is 9.50 Å². The van der Waals surface area contributed by atoms with E-state index < -0.39 is 36.5 Å². The van der Waals surface area contributed by atoms with Gasteiger partial charge in [0.2, 0.25) is 0 Å². The molecule has 3 heterocycles. The quantitative estimate of drug-likeness (QED) is 0.838. The highest BCUT2D eigenvalue weighted by Crippen LogP contribution is 2.48. The summed E-state index contributed by atoms with van der Waals surface area (Å²) in [5.74, 6) is -1.13. The zero-order chi connectivity index (χ0) is 16.4. The van der Waals surface area contributed by atoms with Crippen molar-refractivity contribution in [3.8, 4) is 0 Å². The number of nitrogens with two attached hydrogens (primary N) is 1. The molecule has 0 spiro atoms. The second-order valence-corrected chi connectivity index (χ2v) is 6.08. The third-order valence-electron chi connectivity index (χ3n) is 4.21. The summed E-state index contributed by atoms with van der Waals surface area (Å²) >= 11 is 0. The number of anilines is 1. The van der Waals surface area contributed by atoms with Crippen molar-refractivity contribution in [1.82, 2.24) is 19.5 Å². The number of imidazole rings is 1. The lowest BCUT2D eigenvalue weighted by atomic mass is 10.1. The number of aromatic nitrogens is 4. The van der Waals surface area contributed by atoms with Crippen LogP contribution in [0.5, 0.6) is 0 Å². The fourth-order valence-electron chi connectivity index (χ4n) is 3.28. The maximum absolute atomic E-state index is 14.9. The summed E-state index contributed by atoms with van der Waals surface area (Å²) in [6.07, 6.45) is 1.50. The number of halogens is 1. The van der Waals surface area contributed by atoms with E-state index in [4.69, 9.17) is 15.2 Å². The van der Waals surface area contributed by atoms with Crippen LogP contribution in [-0.4, -0.2) is 49.2 Å². The van der Waals surface area contributed by atoms with Gasteiger partial charge in [-0.1, -0.05) is 0 Å². The van der Waals surface area contributed by atoms with Gasteiger partial charge >= 0.3 is 0 Å². The molecule has 0 unspecified atom stereocenters. The van der Waals surface area contributed by atoms with Crippen molar-refractivity contribution in [2.75, 3.05) is 12.3 Å². The van der Waals surface area contributed by atoms with E-state index in [1.54, 1.807) is 18.4 Å². The maximum atomic E-state index is 14.9. The minimum atomic E-state index is -0.862. The maximum Gasteiger partial charge on any atom is 0.166 e. The SMILES string of the molecule is CC1(C)O[C@@H]2[C@H](O1)C(CO)=C(F)[C@H]2n1cnc2c(N)ncnc21. The Labute approximate surface area is 130 Å². The molecule has 122 valence electrons. The molecule has 1 saturated heterocycles. The first kappa shape index (κ1) is 14.5. The van der Waals surface area contributed by atoms with E-state index in [1.165, 1.54) is 12.7 Å². The third kappa shape index (κ3) is 1.97. The molecule has 1 aliphatic carbocycles. The van der Waals surface area contributed by atoms with E-state index in [0.29, 0.717) is 11.2 Å². The lowest BCUT2D eigenvalue weighted by Gasteiger charge is -2.22. The minimum absolute atomic E-state index is 0.189.